The quantitative estimate of drug-likeness (QED) is 0.196. The predicted octanol–water partition coefficient (Wildman–Crippen LogP) is 11.3. The first kappa shape index (κ1) is 23.0. The van der Waals surface area contributed by atoms with Gasteiger partial charge < -0.3 is 4.42 Å². The lowest BCUT2D eigenvalue weighted by atomic mass is 9.96. The molecule has 0 spiro atoms. The summed E-state index contributed by atoms with van der Waals surface area (Å²) >= 11 is 0. The lowest BCUT2D eigenvalue weighted by molar-refractivity contribution is 0.669. The van der Waals surface area contributed by atoms with Crippen molar-refractivity contribution in [2.24, 2.45) is 0 Å². The molecule has 0 aliphatic carbocycles. The van der Waals surface area contributed by atoms with Gasteiger partial charge in [-0.2, -0.15) is 0 Å². The van der Waals surface area contributed by atoms with Crippen molar-refractivity contribution in [3.05, 3.63) is 164 Å². The summed E-state index contributed by atoms with van der Waals surface area (Å²) in [4.78, 5) is 14.9. The van der Waals surface area contributed by atoms with E-state index in [4.69, 9.17) is 24.9 Å². The highest BCUT2D eigenvalue weighted by molar-refractivity contribution is 6.15. The monoisotopic (exact) mass is 605 g/mol. The topological polar surface area (TPSA) is 51.8 Å². The molecule has 0 N–H and O–H groups in total. The first-order valence-electron chi connectivity index (χ1n) is 17.4. The normalized spacial score (nSPS) is 12.6. The fourth-order valence-corrected chi connectivity index (χ4v) is 6.18. The third-order valence-electron chi connectivity index (χ3n) is 8.41. The average Bonchev–Trinajstić information content (AvgIpc) is 3.54. The molecule has 220 valence electrons. The minimum absolute atomic E-state index is 0.00937. The Morgan fingerprint density at radius 3 is 1.68 bits per heavy atom. The van der Waals surface area contributed by atoms with Gasteiger partial charge >= 0.3 is 0 Å². The summed E-state index contributed by atoms with van der Waals surface area (Å²) in [5.41, 5.74) is 6.80. The van der Waals surface area contributed by atoms with E-state index in [9.17, 15) is 0 Å². The molecule has 0 fully saturated rings. The molecule has 9 rings (SSSR count). The fraction of sp³-hybridized carbons (Fsp3) is 0. The van der Waals surface area contributed by atoms with Crippen LogP contribution in [0.15, 0.2) is 168 Å². The molecule has 0 atom stereocenters. The van der Waals surface area contributed by atoms with Gasteiger partial charge in [0.1, 0.15) is 11.2 Å². The van der Waals surface area contributed by atoms with Crippen LogP contribution in [0, 0.1) is 0 Å². The van der Waals surface area contributed by atoms with Crippen LogP contribution in [0.5, 0.6) is 0 Å². The minimum atomic E-state index is -0.222. The van der Waals surface area contributed by atoms with E-state index >= 15 is 0 Å². The van der Waals surface area contributed by atoms with Gasteiger partial charge in [-0.1, -0.05) is 127 Å². The van der Waals surface area contributed by atoms with Crippen LogP contribution in [0.1, 0.15) is 5.48 Å². The fourth-order valence-electron chi connectivity index (χ4n) is 6.18. The molecule has 0 amide bonds. The molecule has 0 saturated heterocycles. The summed E-state index contributed by atoms with van der Waals surface area (Å²) in [5, 5.41) is 3.87. The Morgan fingerprint density at radius 2 is 1.00 bits per heavy atom. The molecule has 0 unspecified atom stereocenters. The summed E-state index contributed by atoms with van der Waals surface area (Å²) in [6.45, 7) is 0. The third-order valence-corrected chi connectivity index (χ3v) is 8.41. The molecule has 0 saturated carbocycles. The highest BCUT2D eigenvalue weighted by Crippen LogP contribution is 2.39. The molecule has 9 aromatic rings. The van der Waals surface area contributed by atoms with Crippen molar-refractivity contribution in [1.82, 2.24) is 15.0 Å². The minimum Gasteiger partial charge on any atom is -0.456 e. The van der Waals surface area contributed by atoms with Gasteiger partial charge in [-0.3, -0.25) is 0 Å². The molecule has 0 aliphatic rings. The highest BCUT2D eigenvalue weighted by atomic mass is 16.3. The van der Waals surface area contributed by atoms with Crippen LogP contribution in [0.3, 0.4) is 0 Å². The summed E-state index contributed by atoms with van der Waals surface area (Å²) in [7, 11) is 0. The molecule has 0 radical (unpaired) electrons. The number of aromatic nitrogens is 3. The Kier molecular flexibility index (Phi) is 5.49. The molecule has 7 aromatic carbocycles. The Hall–Kier alpha value is -6.39. The maximum absolute atomic E-state index is 8.80. The van der Waals surface area contributed by atoms with Crippen molar-refractivity contribution in [3.63, 3.8) is 0 Å². The zero-order valence-electron chi connectivity index (χ0n) is 29.0. The lowest BCUT2D eigenvalue weighted by Crippen LogP contribution is -2.01. The molecule has 47 heavy (non-hydrogen) atoms. The van der Waals surface area contributed by atoms with Gasteiger partial charge in [-0.25, -0.2) is 15.0 Å². The van der Waals surface area contributed by atoms with Gasteiger partial charge in [0.15, 0.2) is 17.5 Å². The van der Waals surface area contributed by atoms with Gasteiger partial charge in [0.05, 0.1) is 5.48 Å². The smallest absolute Gasteiger partial charge is 0.164 e. The van der Waals surface area contributed by atoms with Gasteiger partial charge in [0.25, 0.3) is 0 Å². The molecule has 2 heterocycles. The Labute approximate surface area is 277 Å². The molecule has 4 heteroatoms. The van der Waals surface area contributed by atoms with Crippen LogP contribution in [-0.2, 0) is 0 Å². The van der Waals surface area contributed by atoms with Gasteiger partial charge in [0.2, 0.25) is 0 Å². The largest absolute Gasteiger partial charge is 0.456 e. The van der Waals surface area contributed by atoms with E-state index in [1.807, 2.05) is 84.9 Å². The van der Waals surface area contributed by atoms with Crippen molar-refractivity contribution in [2.45, 2.75) is 0 Å². The second-order valence-corrected chi connectivity index (χ2v) is 11.4. The molecular weight excluding hydrogens is 574 g/mol. The molecule has 0 bridgehead atoms. The molecule has 0 aliphatic heterocycles. The lowest BCUT2D eigenvalue weighted by Gasteiger charge is -2.13. The highest BCUT2D eigenvalue weighted by Gasteiger charge is 2.19. The van der Waals surface area contributed by atoms with Crippen molar-refractivity contribution in [2.75, 3.05) is 0 Å². The summed E-state index contributed by atoms with van der Waals surface area (Å²) in [5.74, 6) is 0.707. The number of furan rings is 1. The van der Waals surface area contributed by atoms with E-state index in [1.165, 1.54) is 6.07 Å². The molecule has 4 nitrogen and oxygen atoms in total. The van der Waals surface area contributed by atoms with Crippen LogP contribution >= 0.6 is 0 Å². The Balaban J connectivity index is 1.35. The summed E-state index contributed by atoms with van der Waals surface area (Å²) in [6.07, 6.45) is 0. The Bertz CT molecular complexity index is 2720. The van der Waals surface area contributed by atoms with Crippen molar-refractivity contribution in [1.29, 1.82) is 0 Å². The number of hydrogen-bond acceptors (Lipinski definition) is 4. The molecule has 2 aromatic heterocycles. The Morgan fingerprint density at radius 1 is 0.426 bits per heavy atom. The first-order chi connectivity index (χ1) is 24.9. The number of rotatable bonds is 5. The zero-order valence-corrected chi connectivity index (χ0v) is 25.0. The summed E-state index contributed by atoms with van der Waals surface area (Å²) < 4.78 is 40.8. The number of benzene rings is 7. The van der Waals surface area contributed by atoms with Crippen LogP contribution in [0.4, 0.5) is 0 Å². The van der Waals surface area contributed by atoms with Crippen LogP contribution in [0.2, 0.25) is 0 Å². The maximum atomic E-state index is 8.80. The second-order valence-electron chi connectivity index (χ2n) is 11.4. The van der Waals surface area contributed by atoms with Crippen molar-refractivity contribution >= 4 is 32.7 Å². The van der Waals surface area contributed by atoms with Crippen molar-refractivity contribution < 1.29 is 9.90 Å². The second kappa shape index (κ2) is 11.2. The van der Waals surface area contributed by atoms with E-state index < -0.39 is 0 Å². The number of nitrogens with zero attached hydrogens (tertiary/aromatic N) is 3. The summed E-state index contributed by atoms with van der Waals surface area (Å²) in [6, 6.07) is 44.8. The maximum Gasteiger partial charge on any atom is 0.164 e. The predicted molar refractivity (Wildman–Crippen MR) is 192 cm³/mol. The molecular formula is C43H27N3O. The number of fused-ring (bicyclic) bond motifs is 4. The SMILES string of the molecule is [2H]c1cc([2H])c([2H])c(-c2nc(-c3cc(-c4ccccc4)cc(-c4ccccc4)c3)nc(-c3cccc4oc5cc6ccccc6cc5c34)n2)c1[2H]. The standard InChI is InChI=1S/C43H27N3O/c1-4-13-28(14-5-1)33-23-34(29-15-6-2-7-16-29)25-35(24-33)42-44-41(30-17-8-3-9-18-30)45-43(46-42)36-21-12-22-38-40(36)37-26-31-19-10-11-20-32(31)27-39(37)47-38/h1-27H/i8D,9D,17D,18D. The van der Waals surface area contributed by atoms with E-state index in [1.54, 1.807) is 0 Å². The zero-order chi connectivity index (χ0) is 34.6. The average molecular weight is 606 g/mol. The van der Waals surface area contributed by atoms with Gasteiger partial charge in [-0.15, -0.1) is 0 Å². The van der Waals surface area contributed by atoms with Crippen LogP contribution in [-0.4, -0.2) is 15.0 Å². The first-order valence-corrected chi connectivity index (χ1v) is 15.4. The van der Waals surface area contributed by atoms with Crippen molar-refractivity contribution in [3.8, 4) is 56.4 Å². The third kappa shape index (κ3) is 4.93. The van der Waals surface area contributed by atoms with Gasteiger partial charge in [-0.05, 0) is 69.4 Å². The van der Waals surface area contributed by atoms with Crippen LogP contribution in [0.25, 0.3) is 89.1 Å². The van der Waals surface area contributed by atoms with Gasteiger partial charge in [0, 0.05) is 27.5 Å². The van der Waals surface area contributed by atoms with E-state index in [0.717, 1.165) is 49.4 Å². The van der Waals surface area contributed by atoms with E-state index in [-0.39, 0.29) is 35.6 Å². The van der Waals surface area contributed by atoms with Crippen LogP contribution < -0.4 is 0 Å². The van der Waals surface area contributed by atoms with E-state index in [2.05, 4.69) is 48.5 Å². The number of hydrogen-bond donors (Lipinski definition) is 0. The van der Waals surface area contributed by atoms with E-state index in [0.29, 0.717) is 28.4 Å².